The molecule has 0 spiro atoms. The first kappa shape index (κ1) is 7.38. The van der Waals surface area contributed by atoms with Gasteiger partial charge in [0.05, 0.1) is 0 Å². The first-order chi connectivity index (χ1) is 2.39. The Morgan fingerprint density at radius 2 is 1.83 bits per heavy atom. The van der Waals surface area contributed by atoms with Gasteiger partial charge in [-0.15, -0.1) is 0 Å². The molecular weight excluding hydrogens is 260 g/mol. The molecule has 1 radical (unpaired) electrons. The van der Waals surface area contributed by atoms with Gasteiger partial charge in [0.15, 0.2) is 6.79 Å². The molecule has 0 saturated carbocycles. The largest absolute Gasteiger partial charge is 0.323 e. The van der Waals surface area contributed by atoms with Gasteiger partial charge < -0.3 is 0 Å². The van der Waals surface area contributed by atoms with Crippen molar-refractivity contribution in [2.24, 2.45) is 0 Å². The predicted octanol–water partition coefficient (Wildman–Crippen LogP) is 0.380. The standard InChI is InChI=1S/CH3O3P.Tm/c2-5-3-1-4-5;/h5H,1H2;. The van der Waals surface area contributed by atoms with Crippen LogP contribution in [-0.4, -0.2) is 6.79 Å². The maximum absolute atomic E-state index is 9.64. The Morgan fingerprint density at radius 3 is 1.83 bits per heavy atom. The van der Waals surface area contributed by atoms with Crippen molar-refractivity contribution in [1.29, 1.82) is 0 Å². The molecule has 1 aliphatic rings. The summed E-state index contributed by atoms with van der Waals surface area (Å²) in [6.45, 7) is 0.220. The van der Waals surface area contributed by atoms with Gasteiger partial charge >= 0.3 is 8.25 Å². The first-order valence-corrected chi connectivity index (χ1v) is 2.41. The maximum atomic E-state index is 9.64. The predicted molar refractivity (Wildman–Crippen MR) is 16.0 cm³/mol. The molecule has 0 bridgehead atoms. The summed E-state index contributed by atoms with van der Waals surface area (Å²) >= 11 is 0. The molecule has 0 atom stereocenters. The zero-order valence-corrected chi connectivity index (χ0v) is 5.49. The third-order valence-electron chi connectivity index (χ3n) is 0.354. The quantitative estimate of drug-likeness (QED) is 0.593. The van der Waals surface area contributed by atoms with Crippen molar-refractivity contribution in [3.63, 3.8) is 0 Å². The second-order valence-electron chi connectivity index (χ2n) is 0.657. The number of rotatable bonds is 0. The van der Waals surface area contributed by atoms with Crippen LogP contribution in [0, 0.1) is 36.9 Å². The molecule has 0 unspecified atom stereocenters. The van der Waals surface area contributed by atoms with Gasteiger partial charge in [-0.05, 0) is 0 Å². The second kappa shape index (κ2) is 3.39. The Hall–Kier alpha value is 1.38. The fourth-order valence-electron chi connectivity index (χ4n) is 0.107. The zero-order valence-electron chi connectivity index (χ0n) is 2.71. The molecular formula is CH3O3PTm. The van der Waals surface area contributed by atoms with E-state index in [1.807, 2.05) is 0 Å². The average molecular weight is 263 g/mol. The van der Waals surface area contributed by atoms with Crippen LogP contribution in [-0.2, 0) is 13.6 Å². The van der Waals surface area contributed by atoms with Crippen molar-refractivity contribution in [3.8, 4) is 0 Å². The van der Waals surface area contributed by atoms with Crippen LogP contribution in [0.2, 0.25) is 0 Å². The zero-order chi connectivity index (χ0) is 3.70. The molecule has 0 aliphatic carbocycles. The van der Waals surface area contributed by atoms with Gasteiger partial charge in [0, 0.05) is 36.9 Å². The fraction of sp³-hybridized carbons (Fsp3) is 1.00. The van der Waals surface area contributed by atoms with Gasteiger partial charge in [-0.1, -0.05) is 0 Å². The van der Waals surface area contributed by atoms with Crippen molar-refractivity contribution in [1.82, 2.24) is 0 Å². The van der Waals surface area contributed by atoms with E-state index in [-0.39, 0.29) is 43.7 Å². The summed E-state index contributed by atoms with van der Waals surface area (Å²) in [5.74, 6) is 0. The Labute approximate surface area is 65.1 Å². The SMILES string of the molecule is O=[PH]1OCO1.[Tm]. The van der Waals surface area contributed by atoms with E-state index < -0.39 is 8.25 Å². The Bertz CT molecular complexity index is 57.8. The van der Waals surface area contributed by atoms with E-state index >= 15 is 0 Å². The molecule has 1 rings (SSSR count). The van der Waals surface area contributed by atoms with E-state index in [9.17, 15) is 4.57 Å². The second-order valence-corrected chi connectivity index (χ2v) is 1.73. The van der Waals surface area contributed by atoms with Crippen LogP contribution in [0.5, 0.6) is 0 Å². The van der Waals surface area contributed by atoms with E-state index in [4.69, 9.17) is 0 Å². The van der Waals surface area contributed by atoms with Gasteiger partial charge in [0.25, 0.3) is 0 Å². The fourth-order valence-corrected chi connectivity index (χ4v) is 0.321. The van der Waals surface area contributed by atoms with Crippen LogP contribution in [0.3, 0.4) is 0 Å². The molecule has 0 aromatic carbocycles. The normalized spacial score (nSPS) is 21.3. The van der Waals surface area contributed by atoms with Crippen LogP contribution in [0.4, 0.5) is 0 Å². The Morgan fingerprint density at radius 1 is 1.50 bits per heavy atom. The molecule has 1 fully saturated rings. The summed E-state index contributed by atoms with van der Waals surface area (Å²) in [6.07, 6.45) is 0. The minimum Gasteiger partial charge on any atom is -0.283 e. The summed E-state index contributed by atoms with van der Waals surface area (Å²) in [5, 5.41) is 0. The maximum Gasteiger partial charge on any atom is 0.323 e. The molecule has 1 saturated heterocycles. The van der Waals surface area contributed by atoms with Crippen molar-refractivity contribution in [2.75, 3.05) is 6.79 Å². The summed E-state index contributed by atoms with van der Waals surface area (Å²) in [5.41, 5.74) is 0. The monoisotopic (exact) mass is 263 g/mol. The van der Waals surface area contributed by atoms with Crippen LogP contribution in [0.15, 0.2) is 0 Å². The van der Waals surface area contributed by atoms with E-state index in [0.717, 1.165) is 0 Å². The van der Waals surface area contributed by atoms with Crippen LogP contribution >= 0.6 is 8.25 Å². The van der Waals surface area contributed by atoms with Crippen molar-refractivity contribution in [2.45, 2.75) is 0 Å². The third kappa shape index (κ3) is 1.90. The minimum absolute atomic E-state index is 0. The van der Waals surface area contributed by atoms with Crippen LogP contribution in [0.1, 0.15) is 0 Å². The summed E-state index contributed by atoms with van der Waals surface area (Å²) in [7, 11) is -1.94. The van der Waals surface area contributed by atoms with E-state index in [1.54, 1.807) is 0 Å². The molecule has 43 valence electrons. The van der Waals surface area contributed by atoms with Crippen molar-refractivity contribution >= 4 is 8.25 Å². The first-order valence-electron chi connectivity index (χ1n) is 1.19. The number of hydrogen-bond donors (Lipinski definition) is 0. The molecule has 5 heteroatoms. The molecule has 0 aromatic heterocycles. The van der Waals surface area contributed by atoms with Crippen LogP contribution in [0.25, 0.3) is 0 Å². The third-order valence-corrected chi connectivity index (χ3v) is 1.06. The summed E-state index contributed by atoms with van der Waals surface area (Å²) < 4.78 is 18.1. The van der Waals surface area contributed by atoms with E-state index in [2.05, 4.69) is 9.05 Å². The van der Waals surface area contributed by atoms with Gasteiger partial charge in [-0.25, -0.2) is 0 Å². The number of hydrogen-bond acceptors (Lipinski definition) is 3. The molecule has 3 nitrogen and oxygen atoms in total. The molecule has 1 aliphatic heterocycles. The minimum atomic E-state index is -1.94. The molecule has 0 amide bonds. The van der Waals surface area contributed by atoms with Gasteiger partial charge in [-0.2, -0.15) is 0 Å². The Balaban J connectivity index is 0.000000250. The van der Waals surface area contributed by atoms with Crippen molar-refractivity contribution < 1.29 is 50.5 Å². The van der Waals surface area contributed by atoms with E-state index in [0.29, 0.717) is 0 Å². The van der Waals surface area contributed by atoms with Gasteiger partial charge in [0.2, 0.25) is 0 Å². The topological polar surface area (TPSA) is 35.5 Å². The molecule has 0 N–H and O–H groups in total. The smallest absolute Gasteiger partial charge is 0.283 e. The van der Waals surface area contributed by atoms with Gasteiger partial charge in [-0.3, -0.25) is 13.6 Å². The Kier molecular flexibility index (Phi) is 4.18. The van der Waals surface area contributed by atoms with Crippen LogP contribution < -0.4 is 0 Å². The van der Waals surface area contributed by atoms with Crippen molar-refractivity contribution in [3.05, 3.63) is 0 Å². The molecule has 0 aromatic rings. The molecule has 6 heavy (non-hydrogen) atoms. The van der Waals surface area contributed by atoms with E-state index in [1.165, 1.54) is 0 Å². The summed E-state index contributed by atoms with van der Waals surface area (Å²) in [6, 6.07) is 0. The average Bonchev–Trinajstić information content (AvgIpc) is 1.30. The summed E-state index contributed by atoms with van der Waals surface area (Å²) in [4.78, 5) is 0. The van der Waals surface area contributed by atoms with Gasteiger partial charge in [0.1, 0.15) is 0 Å². The molecule has 1 heterocycles.